The van der Waals surface area contributed by atoms with Crippen molar-refractivity contribution < 1.29 is 24.2 Å². The molecule has 0 amide bonds. The largest absolute Gasteiger partial charge is 0.432 e. The molecule has 1 aliphatic carbocycles. The van der Waals surface area contributed by atoms with Gasteiger partial charge in [-0.05, 0) is 71.3 Å². The van der Waals surface area contributed by atoms with Crippen molar-refractivity contribution in [3.05, 3.63) is 47.3 Å². The van der Waals surface area contributed by atoms with E-state index in [0.29, 0.717) is 12.0 Å². The Labute approximate surface area is 180 Å². The number of ether oxygens (including phenoxy) is 1. The molecule has 0 unspecified atom stereocenters. The lowest BCUT2D eigenvalue weighted by Crippen LogP contribution is -2.35. The molecule has 1 N–H and O–H groups in total. The highest BCUT2D eigenvalue weighted by Crippen LogP contribution is 2.46. The molecule has 0 bridgehead atoms. The highest BCUT2D eigenvalue weighted by molar-refractivity contribution is 6.00. The molecule has 5 nitrogen and oxygen atoms in total. The maximum Gasteiger partial charge on any atom is 0.335 e. The molecule has 5 heteroatoms. The summed E-state index contributed by atoms with van der Waals surface area (Å²) in [6.07, 6.45) is 10.8. The molecule has 1 rings (SSSR count). The molecule has 0 fully saturated rings. The Morgan fingerprint density at radius 2 is 1.87 bits per heavy atom. The number of esters is 1. The van der Waals surface area contributed by atoms with E-state index in [1.54, 1.807) is 26.0 Å². The van der Waals surface area contributed by atoms with E-state index >= 15 is 0 Å². The van der Waals surface area contributed by atoms with Crippen LogP contribution in [0.25, 0.3) is 0 Å². The van der Waals surface area contributed by atoms with Crippen LogP contribution in [0, 0.1) is 17.3 Å². The lowest BCUT2D eigenvalue weighted by molar-refractivity contribution is -0.132. The third-order valence-electron chi connectivity index (χ3n) is 5.53. The molecule has 3 atom stereocenters. The minimum Gasteiger partial charge on any atom is -0.432 e. The maximum atomic E-state index is 13.1. The number of aliphatic hydroxyl groups is 1. The molecule has 0 aliphatic heterocycles. The van der Waals surface area contributed by atoms with E-state index in [2.05, 4.69) is 13.0 Å². The van der Waals surface area contributed by atoms with E-state index < -0.39 is 11.9 Å². The Hall–Kier alpha value is -2.27. The highest BCUT2D eigenvalue weighted by atomic mass is 16.5. The fourth-order valence-corrected chi connectivity index (χ4v) is 3.94. The molecular formula is C25H36O5. The summed E-state index contributed by atoms with van der Waals surface area (Å²) in [5.41, 5.74) is 2.07. The van der Waals surface area contributed by atoms with Crippen molar-refractivity contribution >= 4 is 17.5 Å². The van der Waals surface area contributed by atoms with E-state index in [1.807, 2.05) is 13.8 Å². The third kappa shape index (κ3) is 7.86. The lowest BCUT2D eigenvalue weighted by atomic mass is 9.65. The van der Waals surface area contributed by atoms with Crippen LogP contribution in [0.1, 0.15) is 67.2 Å². The fraction of sp³-hybridized carbons (Fsp3) is 0.560. The predicted molar refractivity (Wildman–Crippen MR) is 119 cm³/mol. The van der Waals surface area contributed by atoms with E-state index in [4.69, 9.17) is 4.74 Å². The Balaban J connectivity index is 3.33. The zero-order valence-electron chi connectivity index (χ0n) is 19.2. The van der Waals surface area contributed by atoms with Crippen LogP contribution in [-0.2, 0) is 19.1 Å². The molecular weight excluding hydrogens is 380 g/mol. The smallest absolute Gasteiger partial charge is 0.335 e. The van der Waals surface area contributed by atoms with Crippen molar-refractivity contribution in [2.45, 2.75) is 67.2 Å². The minimum atomic E-state index is -0.599. The van der Waals surface area contributed by atoms with Crippen molar-refractivity contribution in [2.24, 2.45) is 17.3 Å². The lowest BCUT2D eigenvalue weighted by Gasteiger charge is -2.38. The van der Waals surface area contributed by atoms with E-state index in [9.17, 15) is 19.5 Å². The first kappa shape index (κ1) is 25.8. The van der Waals surface area contributed by atoms with Crippen molar-refractivity contribution in [1.82, 2.24) is 0 Å². The van der Waals surface area contributed by atoms with E-state index in [-0.39, 0.29) is 35.9 Å². The molecule has 0 heterocycles. The summed E-state index contributed by atoms with van der Waals surface area (Å²) in [5, 5.41) is 9.70. The van der Waals surface area contributed by atoms with Gasteiger partial charge in [-0.3, -0.25) is 4.79 Å². The summed E-state index contributed by atoms with van der Waals surface area (Å²) < 4.78 is 5.20. The number of aliphatic hydroxyl groups excluding tert-OH is 1. The first-order valence-corrected chi connectivity index (χ1v) is 10.5. The second-order valence-corrected chi connectivity index (χ2v) is 8.96. The second kappa shape index (κ2) is 11.8. The van der Waals surface area contributed by atoms with Crippen LogP contribution >= 0.6 is 0 Å². The van der Waals surface area contributed by atoms with Gasteiger partial charge in [0, 0.05) is 24.0 Å². The molecule has 0 aromatic carbocycles. The standard InChI is InChI=1S/C25H36O5/c1-17(2)8-7-11-25(6)12-9-20(16-26)24(29)21(15-19(5)27)22(25)10-13-30-23(28)14-18(3)4/h8-10,13-14,21-22,26H,7,11-12,15-16H2,1-6H3/b13-10-/t21-,22+,25-/m0/s1. The van der Waals surface area contributed by atoms with Crippen LogP contribution in [-0.4, -0.2) is 29.2 Å². The van der Waals surface area contributed by atoms with E-state index in [0.717, 1.165) is 18.4 Å². The summed E-state index contributed by atoms with van der Waals surface area (Å²) in [4.78, 5) is 36.9. The Kier molecular flexibility index (Phi) is 10.1. The molecule has 0 aromatic rings. The van der Waals surface area contributed by atoms with Crippen molar-refractivity contribution in [2.75, 3.05) is 6.61 Å². The number of hydrogen-bond donors (Lipinski definition) is 1. The van der Waals surface area contributed by atoms with Crippen LogP contribution in [0.3, 0.4) is 0 Å². The molecule has 0 radical (unpaired) electrons. The van der Waals surface area contributed by atoms with Gasteiger partial charge in [-0.15, -0.1) is 0 Å². The summed E-state index contributed by atoms with van der Waals surface area (Å²) in [6.45, 7) is 10.9. The van der Waals surface area contributed by atoms with Crippen LogP contribution in [0.2, 0.25) is 0 Å². The van der Waals surface area contributed by atoms with Crippen molar-refractivity contribution in [3.8, 4) is 0 Å². The predicted octanol–water partition coefficient (Wildman–Crippen LogP) is 4.87. The molecule has 0 saturated carbocycles. The first-order valence-electron chi connectivity index (χ1n) is 10.5. The van der Waals surface area contributed by atoms with Gasteiger partial charge in [-0.1, -0.05) is 30.2 Å². The first-order chi connectivity index (χ1) is 14.0. The minimum absolute atomic E-state index is 0.0841. The number of carbonyl (C=O) groups is 3. The monoisotopic (exact) mass is 416 g/mol. The summed E-state index contributed by atoms with van der Waals surface area (Å²) >= 11 is 0. The van der Waals surface area contributed by atoms with Crippen molar-refractivity contribution in [1.29, 1.82) is 0 Å². The van der Waals surface area contributed by atoms with Crippen LogP contribution in [0.5, 0.6) is 0 Å². The van der Waals surface area contributed by atoms with Gasteiger partial charge in [-0.25, -0.2) is 4.79 Å². The molecule has 1 aliphatic rings. The van der Waals surface area contributed by atoms with Gasteiger partial charge < -0.3 is 14.6 Å². The Bertz CT molecular complexity index is 760. The molecule has 0 aromatic heterocycles. The zero-order chi connectivity index (χ0) is 22.9. The normalized spacial score (nSPS) is 24.1. The highest BCUT2D eigenvalue weighted by Gasteiger charge is 2.43. The maximum absolute atomic E-state index is 13.1. The molecule has 30 heavy (non-hydrogen) atoms. The fourth-order valence-electron chi connectivity index (χ4n) is 3.94. The van der Waals surface area contributed by atoms with Crippen LogP contribution in [0.4, 0.5) is 0 Å². The number of allylic oxidation sites excluding steroid dienone is 5. The number of hydrogen-bond acceptors (Lipinski definition) is 5. The van der Waals surface area contributed by atoms with Crippen LogP contribution in [0.15, 0.2) is 47.3 Å². The second-order valence-electron chi connectivity index (χ2n) is 8.96. The average molecular weight is 417 g/mol. The van der Waals surface area contributed by atoms with Gasteiger partial charge in [0.2, 0.25) is 0 Å². The number of carbonyl (C=O) groups excluding carboxylic acids is 3. The molecule has 0 saturated heterocycles. The van der Waals surface area contributed by atoms with E-state index in [1.165, 1.54) is 24.8 Å². The van der Waals surface area contributed by atoms with Gasteiger partial charge in [-0.2, -0.15) is 0 Å². The Morgan fingerprint density at radius 1 is 1.20 bits per heavy atom. The van der Waals surface area contributed by atoms with Crippen LogP contribution < -0.4 is 0 Å². The van der Waals surface area contributed by atoms with Gasteiger partial charge in [0.25, 0.3) is 0 Å². The van der Waals surface area contributed by atoms with Gasteiger partial charge in [0.05, 0.1) is 12.9 Å². The zero-order valence-corrected chi connectivity index (χ0v) is 19.2. The summed E-state index contributed by atoms with van der Waals surface area (Å²) in [7, 11) is 0. The topological polar surface area (TPSA) is 80.7 Å². The molecule has 166 valence electrons. The Morgan fingerprint density at radius 3 is 2.40 bits per heavy atom. The van der Waals surface area contributed by atoms with Crippen molar-refractivity contribution in [3.63, 3.8) is 0 Å². The number of Topliss-reactive ketones (excluding diaryl/α,β-unsaturated/α-hetero) is 2. The van der Waals surface area contributed by atoms with Gasteiger partial charge in [0.15, 0.2) is 5.78 Å². The summed E-state index contributed by atoms with van der Waals surface area (Å²) in [5.74, 6) is -1.67. The summed E-state index contributed by atoms with van der Waals surface area (Å²) in [6, 6.07) is 0. The number of ketones is 2. The SMILES string of the molecule is CC(=O)C[C@@H]1C(=O)C(CO)=CC[C@](C)(CCC=C(C)C)[C@@H]1/C=C\OC(=O)C=C(C)C. The number of rotatable bonds is 9. The van der Waals surface area contributed by atoms with Gasteiger partial charge in [0.1, 0.15) is 5.78 Å². The van der Waals surface area contributed by atoms with Gasteiger partial charge >= 0.3 is 5.97 Å². The average Bonchev–Trinajstić information content (AvgIpc) is 2.71. The third-order valence-corrected chi connectivity index (χ3v) is 5.53. The quantitative estimate of drug-likeness (QED) is 0.251. The molecule has 0 spiro atoms.